The van der Waals surface area contributed by atoms with Gasteiger partial charge in [0, 0.05) is 12.6 Å². The molecule has 1 aliphatic rings. The minimum absolute atomic E-state index is 0.0718. The number of nitrogen functional groups attached to an aromatic ring is 1. The van der Waals surface area contributed by atoms with Crippen molar-refractivity contribution in [3.8, 4) is 12.3 Å². The summed E-state index contributed by atoms with van der Waals surface area (Å²) in [4.78, 5) is 7.89. The fourth-order valence-electron chi connectivity index (χ4n) is 2.32. The second-order valence-corrected chi connectivity index (χ2v) is 5.05. The Morgan fingerprint density at radius 3 is 3.10 bits per heavy atom. The van der Waals surface area contributed by atoms with Gasteiger partial charge >= 0.3 is 0 Å². The van der Waals surface area contributed by atoms with Crippen LogP contribution < -0.4 is 5.73 Å². The fraction of sp³-hybridized carbons (Fsp3) is 0.385. The number of aromatic nitrogens is 3. The first-order valence-corrected chi connectivity index (χ1v) is 6.50. The Labute approximate surface area is 126 Å². The molecule has 0 aliphatic carbocycles. The monoisotopic (exact) mass is 309 g/mol. The van der Waals surface area contributed by atoms with Crippen LogP contribution in [0.1, 0.15) is 14.0 Å². The summed E-state index contributed by atoms with van der Waals surface area (Å²) in [5.74, 6) is 2.39. The average molecular weight is 310 g/mol. The Bertz CT molecular complexity index is 791. The lowest BCUT2D eigenvalue weighted by atomic mass is 9.99. The normalized spacial score (nSPS) is 33.0. The maximum Gasteiger partial charge on any atom is 0.226 e. The van der Waals surface area contributed by atoms with E-state index in [4.69, 9.17) is 29.9 Å². The number of terminal acetylenes is 1. The van der Waals surface area contributed by atoms with E-state index >= 15 is 0 Å². The van der Waals surface area contributed by atoms with Crippen LogP contribution in [0.2, 0.25) is 5.28 Å². The third-order valence-electron chi connectivity index (χ3n) is 3.50. The Morgan fingerprint density at radius 1 is 1.71 bits per heavy atom. The van der Waals surface area contributed by atoms with Gasteiger partial charge < -0.3 is 25.3 Å². The largest absolute Gasteiger partial charge is 0.392 e. The topological polar surface area (TPSA) is 106 Å². The van der Waals surface area contributed by atoms with Crippen LogP contribution in [0.3, 0.4) is 0 Å². The maximum absolute atomic E-state index is 10.1. The molecular formula is C13H13ClN4O3. The highest BCUT2D eigenvalue weighted by molar-refractivity contribution is 6.28. The molecule has 1 aliphatic heterocycles. The summed E-state index contributed by atoms with van der Waals surface area (Å²) >= 11 is 5.80. The Balaban J connectivity index is 2.14. The molecule has 0 bridgehead atoms. The molecule has 2 aromatic heterocycles. The van der Waals surface area contributed by atoms with Gasteiger partial charge in [-0.15, -0.1) is 6.42 Å². The van der Waals surface area contributed by atoms with Crippen molar-refractivity contribution in [3.63, 3.8) is 0 Å². The summed E-state index contributed by atoms with van der Waals surface area (Å²) in [5, 5.41) is 20.0. The summed E-state index contributed by atoms with van der Waals surface area (Å²) < 4.78 is 15.4. The van der Waals surface area contributed by atoms with Gasteiger partial charge in [0.15, 0.2) is 5.60 Å². The third kappa shape index (κ3) is 2.04. The first-order valence-electron chi connectivity index (χ1n) is 6.62. The van der Waals surface area contributed by atoms with Gasteiger partial charge in [0.1, 0.15) is 23.8 Å². The van der Waals surface area contributed by atoms with Crippen LogP contribution in [0.25, 0.3) is 11.0 Å². The highest BCUT2D eigenvalue weighted by atomic mass is 35.5. The van der Waals surface area contributed by atoms with Crippen LogP contribution in [0.4, 0.5) is 5.82 Å². The molecule has 110 valence electrons. The van der Waals surface area contributed by atoms with Crippen molar-refractivity contribution >= 4 is 28.5 Å². The summed E-state index contributed by atoms with van der Waals surface area (Å²) in [5.41, 5.74) is 4.42. The second kappa shape index (κ2) is 4.86. The molecule has 0 saturated carbocycles. The Morgan fingerprint density at radius 2 is 2.48 bits per heavy atom. The minimum atomic E-state index is -1.75. The lowest BCUT2D eigenvalue weighted by molar-refractivity contribution is -0.0890. The summed E-state index contributed by atoms with van der Waals surface area (Å²) in [7, 11) is 0. The zero-order chi connectivity index (χ0) is 16.1. The van der Waals surface area contributed by atoms with Crippen molar-refractivity contribution in [2.75, 3.05) is 12.3 Å². The van der Waals surface area contributed by atoms with Gasteiger partial charge in [0.05, 0.1) is 13.4 Å². The Hall–Kier alpha value is -1.85. The highest BCUT2D eigenvalue weighted by Crippen LogP contribution is 2.38. The first kappa shape index (κ1) is 12.9. The fourth-order valence-corrected chi connectivity index (χ4v) is 2.49. The molecule has 0 aromatic carbocycles. The number of ether oxygens (including phenoxy) is 1. The molecule has 4 N–H and O–H groups in total. The quantitative estimate of drug-likeness (QED) is 0.544. The number of fused-ring (bicyclic) bond motifs is 1. The molecule has 1 fully saturated rings. The van der Waals surface area contributed by atoms with E-state index < -0.39 is 24.5 Å². The minimum Gasteiger partial charge on any atom is -0.392 e. The summed E-state index contributed by atoms with van der Waals surface area (Å²) in [6.07, 6.45) is 3.77. The van der Waals surface area contributed by atoms with E-state index in [0.29, 0.717) is 5.39 Å². The number of anilines is 1. The van der Waals surface area contributed by atoms with Gasteiger partial charge in [0.2, 0.25) is 5.28 Å². The molecule has 3 atom stereocenters. The predicted molar refractivity (Wildman–Crippen MR) is 76.3 cm³/mol. The third-order valence-corrected chi connectivity index (χ3v) is 3.67. The molecule has 7 nitrogen and oxygen atoms in total. The van der Waals surface area contributed by atoms with Crippen LogP contribution >= 0.6 is 11.6 Å². The van der Waals surface area contributed by atoms with Gasteiger partial charge in [-0.05, 0) is 17.7 Å². The van der Waals surface area contributed by atoms with Crippen LogP contribution in [0.15, 0.2) is 12.3 Å². The number of hydrogen-bond donors (Lipinski definition) is 3. The van der Waals surface area contributed by atoms with Crippen molar-refractivity contribution in [2.45, 2.75) is 24.3 Å². The van der Waals surface area contributed by atoms with E-state index in [1.807, 2.05) is 0 Å². The number of halogens is 1. The predicted octanol–water partition coefficient (Wildman–Crippen LogP) is 0.311. The van der Waals surface area contributed by atoms with E-state index in [1.165, 1.54) is 10.8 Å². The molecule has 0 spiro atoms. The molecule has 0 radical (unpaired) electrons. The van der Waals surface area contributed by atoms with Crippen LogP contribution in [-0.4, -0.2) is 43.1 Å². The highest BCUT2D eigenvalue weighted by Gasteiger charge is 2.47. The van der Waals surface area contributed by atoms with Gasteiger partial charge in [-0.2, -0.15) is 4.98 Å². The van der Waals surface area contributed by atoms with E-state index in [2.05, 4.69) is 15.9 Å². The number of nitrogens with zero attached hydrogens (tertiary/aromatic N) is 3. The molecular weight excluding hydrogens is 296 g/mol. The number of aliphatic hydroxyl groups is 2. The van der Waals surface area contributed by atoms with E-state index in [-0.39, 0.29) is 23.2 Å². The van der Waals surface area contributed by atoms with Crippen LogP contribution in [-0.2, 0) is 4.74 Å². The van der Waals surface area contributed by atoms with Crippen molar-refractivity contribution in [1.29, 1.82) is 0 Å². The van der Waals surface area contributed by atoms with Gasteiger partial charge in [-0.1, -0.05) is 5.92 Å². The zero-order valence-corrected chi connectivity index (χ0v) is 11.6. The van der Waals surface area contributed by atoms with E-state index in [9.17, 15) is 10.2 Å². The van der Waals surface area contributed by atoms with Gasteiger partial charge in [0.25, 0.3) is 0 Å². The van der Waals surface area contributed by atoms with Crippen molar-refractivity contribution in [1.82, 2.24) is 14.5 Å². The first-order chi connectivity index (χ1) is 10.3. The van der Waals surface area contributed by atoms with Gasteiger partial charge in [-0.3, -0.25) is 0 Å². The van der Waals surface area contributed by atoms with Crippen LogP contribution in [0, 0.1) is 12.3 Å². The molecule has 1 saturated heterocycles. The van der Waals surface area contributed by atoms with Crippen molar-refractivity contribution in [2.24, 2.45) is 0 Å². The molecule has 3 rings (SSSR count). The molecule has 21 heavy (non-hydrogen) atoms. The molecule has 8 heteroatoms. The number of rotatable bonds is 2. The van der Waals surface area contributed by atoms with Crippen LogP contribution in [0.5, 0.6) is 0 Å². The molecule has 3 heterocycles. The van der Waals surface area contributed by atoms with E-state index in [0.717, 1.165) is 0 Å². The molecule has 0 amide bonds. The average Bonchev–Trinajstić information content (AvgIpc) is 2.99. The number of hydrogen-bond acceptors (Lipinski definition) is 6. The standard InChI is InChI=1S/C13H13ClN4O3/c1-2-13(6-19)8(20)5-9(21-13)18-4-3-7-10(15)16-12(14)17-11(7)18/h1,3-4,8-9,19-20H,5-6H2,(H2,15,16,17)/t8-,9+,13+/m0/s1/i9D. The summed E-state index contributed by atoms with van der Waals surface area (Å²) in [6.45, 7) is -0.609. The molecule has 2 aromatic rings. The maximum atomic E-state index is 10.1. The van der Waals surface area contributed by atoms with Crippen molar-refractivity contribution < 1.29 is 16.3 Å². The van der Waals surface area contributed by atoms with Crippen molar-refractivity contribution in [3.05, 3.63) is 17.5 Å². The van der Waals surface area contributed by atoms with E-state index in [1.54, 1.807) is 6.07 Å². The smallest absolute Gasteiger partial charge is 0.226 e. The summed E-state index contributed by atoms with van der Waals surface area (Å²) in [6, 6.07) is 1.61. The Kier molecular flexibility index (Phi) is 2.97. The zero-order valence-electron chi connectivity index (χ0n) is 11.8. The SMILES string of the molecule is [2H][C@]1(n2ccc3c(N)nc(Cl)nc32)C[C@H](O)[C@@](C#C)(CO)O1. The number of nitrogens with two attached hydrogens (primary N) is 1. The van der Waals surface area contributed by atoms with Gasteiger partial charge in [-0.25, -0.2) is 4.98 Å². The second-order valence-electron chi connectivity index (χ2n) is 4.71. The molecule has 0 unspecified atom stereocenters. The lowest BCUT2D eigenvalue weighted by Crippen LogP contribution is -2.41. The lowest BCUT2D eigenvalue weighted by Gasteiger charge is -2.23. The number of aliphatic hydroxyl groups excluding tert-OH is 2.